The van der Waals surface area contributed by atoms with Crippen LogP contribution in [0, 0.1) is 0 Å². The zero-order chi connectivity index (χ0) is 22.1. The largest absolute Gasteiger partial charge is 0.444 e. The summed E-state index contributed by atoms with van der Waals surface area (Å²) in [5.41, 5.74) is 1.91. The maximum atomic E-state index is 12.1. The molecule has 3 rings (SSSR count). The van der Waals surface area contributed by atoms with Crippen LogP contribution in [-0.4, -0.2) is 59.7 Å². The van der Waals surface area contributed by atoms with Crippen LogP contribution in [0.3, 0.4) is 0 Å². The van der Waals surface area contributed by atoms with Crippen LogP contribution in [0.4, 0.5) is 4.79 Å². The molecule has 1 aromatic carbocycles. The van der Waals surface area contributed by atoms with E-state index in [1.54, 1.807) is 11.1 Å². The molecule has 2 heterocycles. The van der Waals surface area contributed by atoms with Crippen LogP contribution in [0.15, 0.2) is 59.9 Å². The molecule has 7 heteroatoms. The number of pyridine rings is 1. The van der Waals surface area contributed by atoms with Gasteiger partial charge in [-0.1, -0.05) is 41.6 Å². The number of ether oxygens (including phenoxy) is 2. The predicted molar refractivity (Wildman–Crippen MR) is 119 cm³/mol. The Labute approximate surface area is 184 Å². The van der Waals surface area contributed by atoms with Crippen molar-refractivity contribution in [2.24, 2.45) is 5.16 Å². The number of piperidine rings is 1. The first-order valence-electron chi connectivity index (χ1n) is 10.7. The Morgan fingerprint density at radius 1 is 1.06 bits per heavy atom. The Bertz CT molecular complexity index is 801. The number of hydrogen-bond donors (Lipinski definition) is 0. The molecule has 0 saturated carbocycles. The van der Waals surface area contributed by atoms with E-state index in [9.17, 15) is 4.79 Å². The predicted octanol–water partition coefficient (Wildman–Crippen LogP) is 4.27. The zero-order valence-corrected chi connectivity index (χ0v) is 18.5. The van der Waals surface area contributed by atoms with Gasteiger partial charge in [0.1, 0.15) is 17.9 Å². The minimum atomic E-state index is -0.476. The van der Waals surface area contributed by atoms with Crippen molar-refractivity contribution < 1.29 is 19.1 Å². The minimum Gasteiger partial charge on any atom is -0.444 e. The molecule has 1 amide bonds. The molecule has 0 spiro atoms. The molecule has 1 aliphatic heterocycles. The van der Waals surface area contributed by atoms with Gasteiger partial charge in [0.2, 0.25) is 0 Å². The van der Waals surface area contributed by atoms with E-state index < -0.39 is 5.60 Å². The van der Waals surface area contributed by atoms with E-state index in [2.05, 4.69) is 10.1 Å². The Hall–Kier alpha value is -2.93. The average Bonchev–Trinajstić information content (AvgIpc) is 2.76. The number of amides is 1. The number of nitrogens with zero attached hydrogens (tertiary/aromatic N) is 3. The van der Waals surface area contributed by atoms with E-state index in [-0.39, 0.29) is 12.2 Å². The molecule has 1 aliphatic rings. The Morgan fingerprint density at radius 2 is 1.77 bits per heavy atom. The third-order valence-corrected chi connectivity index (χ3v) is 4.73. The third-order valence-electron chi connectivity index (χ3n) is 4.73. The molecule has 31 heavy (non-hydrogen) atoms. The molecule has 0 aliphatic carbocycles. The van der Waals surface area contributed by atoms with Gasteiger partial charge in [0.15, 0.2) is 0 Å². The van der Waals surface area contributed by atoms with Crippen LogP contribution in [0.1, 0.15) is 44.9 Å². The Kier molecular flexibility index (Phi) is 8.00. The van der Waals surface area contributed by atoms with E-state index in [0.29, 0.717) is 32.0 Å². The summed E-state index contributed by atoms with van der Waals surface area (Å²) in [4.78, 5) is 23.8. The van der Waals surface area contributed by atoms with Crippen LogP contribution in [-0.2, 0) is 14.3 Å². The first-order chi connectivity index (χ1) is 14.9. The second-order valence-corrected chi connectivity index (χ2v) is 8.39. The van der Waals surface area contributed by atoms with Crippen LogP contribution in [0.2, 0.25) is 0 Å². The van der Waals surface area contributed by atoms with Crippen LogP contribution < -0.4 is 0 Å². The normalized spacial score (nSPS) is 15.6. The molecule has 7 nitrogen and oxygen atoms in total. The van der Waals surface area contributed by atoms with Gasteiger partial charge in [-0.15, -0.1) is 0 Å². The molecule has 0 bridgehead atoms. The van der Waals surface area contributed by atoms with E-state index in [4.69, 9.17) is 14.3 Å². The van der Waals surface area contributed by atoms with Crippen molar-refractivity contribution in [1.29, 1.82) is 0 Å². The lowest BCUT2D eigenvalue weighted by atomic mass is 10.1. The third kappa shape index (κ3) is 7.36. The number of benzene rings is 1. The summed E-state index contributed by atoms with van der Waals surface area (Å²) < 4.78 is 11.3. The molecular formula is C24H31N3O4. The summed E-state index contributed by atoms with van der Waals surface area (Å²) >= 11 is 0. The number of carbonyl (C=O) groups is 1. The number of hydrogen-bond acceptors (Lipinski definition) is 6. The van der Waals surface area contributed by atoms with Gasteiger partial charge in [-0.3, -0.25) is 4.98 Å². The quantitative estimate of drug-likeness (QED) is 0.376. The zero-order valence-electron chi connectivity index (χ0n) is 18.5. The summed E-state index contributed by atoms with van der Waals surface area (Å²) in [6, 6.07) is 15.5. The summed E-state index contributed by atoms with van der Waals surface area (Å²) in [5.74, 6) is 0. The van der Waals surface area contributed by atoms with Crippen LogP contribution in [0.5, 0.6) is 0 Å². The Morgan fingerprint density at radius 3 is 2.42 bits per heavy atom. The number of carbonyl (C=O) groups excluding carboxylic acids is 1. The highest BCUT2D eigenvalue weighted by Gasteiger charge is 2.27. The van der Waals surface area contributed by atoms with Crippen LogP contribution in [0.25, 0.3) is 0 Å². The molecule has 0 unspecified atom stereocenters. The monoisotopic (exact) mass is 425 g/mol. The minimum absolute atomic E-state index is 0.107. The summed E-state index contributed by atoms with van der Waals surface area (Å²) in [7, 11) is 0. The molecule has 1 aromatic heterocycles. The van der Waals surface area contributed by atoms with Crippen molar-refractivity contribution >= 4 is 11.8 Å². The van der Waals surface area contributed by atoms with Crippen LogP contribution >= 0.6 is 0 Å². The lowest BCUT2D eigenvalue weighted by molar-refractivity contribution is -0.0287. The number of oxime groups is 1. The lowest BCUT2D eigenvalue weighted by Gasteiger charge is -2.33. The van der Waals surface area contributed by atoms with Gasteiger partial charge in [-0.05, 0) is 45.7 Å². The highest BCUT2D eigenvalue weighted by atomic mass is 16.6. The summed E-state index contributed by atoms with van der Waals surface area (Å²) in [5, 5.41) is 4.32. The van der Waals surface area contributed by atoms with Crippen molar-refractivity contribution in [3.8, 4) is 0 Å². The van der Waals surface area contributed by atoms with Gasteiger partial charge in [-0.25, -0.2) is 4.79 Å². The second kappa shape index (κ2) is 10.9. The van der Waals surface area contributed by atoms with Crippen molar-refractivity contribution in [1.82, 2.24) is 9.88 Å². The van der Waals surface area contributed by atoms with E-state index in [1.807, 2.05) is 69.3 Å². The number of aromatic nitrogens is 1. The fourth-order valence-corrected chi connectivity index (χ4v) is 3.24. The van der Waals surface area contributed by atoms with Crippen molar-refractivity contribution in [2.75, 3.05) is 26.3 Å². The highest BCUT2D eigenvalue weighted by molar-refractivity contribution is 6.11. The average molecular weight is 426 g/mol. The van der Waals surface area contributed by atoms with E-state index in [1.165, 1.54) is 0 Å². The molecule has 0 radical (unpaired) electrons. The highest BCUT2D eigenvalue weighted by Crippen LogP contribution is 2.17. The van der Waals surface area contributed by atoms with E-state index in [0.717, 1.165) is 24.1 Å². The second-order valence-electron chi connectivity index (χ2n) is 8.39. The first kappa shape index (κ1) is 22.7. The topological polar surface area (TPSA) is 73.2 Å². The fourth-order valence-electron chi connectivity index (χ4n) is 3.24. The molecular weight excluding hydrogens is 394 g/mol. The van der Waals surface area contributed by atoms with Gasteiger partial charge in [0.05, 0.1) is 18.4 Å². The molecule has 0 atom stereocenters. The standard InChI is InChI=1S/C24H31N3O4/c1-24(2,3)31-23(28)27-15-12-20(13-16-27)29-17-18-30-26-22(19-9-5-4-6-10-19)21-11-7-8-14-25-21/h4-11,14,20H,12-13,15-18H2,1-3H3. The van der Waals surface area contributed by atoms with Gasteiger partial charge in [-0.2, -0.15) is 0 Å². The van der Waals surface area contributed by atoms with Crippen molar-refractivity contribution in [3.63, 3.8) is 0 Å². The first-order valence-corrected chi connectivity index (χ1v) is 10.7. The smallest absolute Gasteiger partial charge is 0.410 e. The maximum Gasteiger partial charge on any atom is 0.410 e. The van der Waals surface area contributed by atoms with Crippen molar-refractivity contribution in [2.45, 2.75) is 45.3 Å². The number of likely N-dealkylation sites (tertiary alicyclic amines) is 1. The van der Waals surface area contributed by atoms with Gasteiger partial charge >= 0.3 is 6.09 Å². The van der Waals surface area contributed by atoms with E-state index >= 15 is 0 Å². The molecule has 1 saturated heterocycles. The fraction of sp³-hybridized carbons (Fsp3) is 0.458. The lowest BCUT2D eigenvalue weighted by Crippen LogP contribution is -2.43. The van der Waals surface area contributed by atoms with Crippen molar-refractivity contribution in [3.05, 3.63) is 66.0 Å². The molecule has 2 aromatic rings. The molecule has 166 valence electrons. The maximum absolute atomic E-state index is 12.1. The SMILES string of the molecule is CC(C)(C)OC(=O)N1CCC(OCCON=C(c2ccccc2)c2ccccn2)CC1. The van der Waals surface area contributed by atoms with Gasteiger partial charge in [0, 0.05) is 24.8 Å². The number of rotatable bonds is 7. The summed E-state index contributed by atoms with van der Waals surface area (Å²) in [6.45, 7) is 7.67. The van der Waals surface area contributed by atoms with Gasteiger partial charge in [0.25, 0.3) is 0 Å². The molecule has 0 N–H and O–H groups in total. The Balaban J connectivity index is 1.44. The molecule has 1 fully saturated rings. The summed E-state index contributed by atoms with van der Waals surface area (Å²) in [6.07, 6.45) is 3.15. The van der Waals surface area contributed by atoms with Gasteiger partial charge < -0.3 is 19.2 Å².